The molecule has 1 aromatic rings. The van der Waals surface area contributed by atoms with E-state index in [2.05, 4.69) is 20.9 Å². The number of Topliss-reactive ketones (excluding diaryl/α,β-unsaturated/α-hetero) is 1. The predicted molar refractivity (Wildman–Crippen MR) is 51.9 cm³/mol. The first-order valence-electron chi connectivity index (χ1n) is 3.62. The minimum Gasteiger partial charge on any atom is -0.495 e. The zero-order valence-corrected chi connectivity index (χ0v) is 8.67. The molecule has 5 heteroatoms. The molecule has 4 nitrogen and oxygen atoms in total. The van der Waals surface area contributed by atoms with E-state index in [1.54, 1.807) is 6.07 Å². The Balaban J connectivity index is 3.06. The van der Waals surface area contributed by atoms with Crippen LogP contribution in [-0.4, -0.2) is 24.4 Å². The van der Waals surface area contributed by atoms with E-state index in [1.165, 1.54) is 13.3 Å². The highest BCUT2D eigenvalue weighted by Gasteiger charge is 2.08. The third kappa shape index (κ3) is 2.26. The molecule has 0 radical (unpaired) electrons. The molecule has 0 aliphatic rings. The van der Waals surface area contributed by atoms with Crippen molar-refractivity contribution in [1.82, 2.24) is 4.98 Å². The molecule has 1 aromatic heterocycles. The Morgan fingerprint density at radius 1 is 1.77 bits per heavy atom. The van der Waals surface area contributed by atoms with Crippen molar-refractivity contribution in [3.63, 3.8) is 0 Å². The molecule has 0 saturated heterocycles. The largest absolute Gasteiger partial charge is 0.495 e. The van der Waals surface area contributed by atoms with Crippen molar-refractivity contribution in [2.24, 2.45) is 5.73 Å². The van der Waals surface area contributed by atoms with Gasteiger partial charge in [0.05, 0.1) is 18.1 Å². The van der Waals surface area contributed by atoms with Crippen molar-refractivity contribution in [1.29, 1.82) is 0 Å². The van der Waals surface area contributed by atoms with Crippen LogP contribution in [0, 0.1) is 0 Å². The second-order valence-corrected chi connectivity index (χ2v) is 3.19. The van der Waals surface area contributed by atoms with Crippen LogP contribution in [0.15, 0.2) is 16.7 Å². The fraction of sp³-hybridized carbons (Fsp3) is 0.250. The summed E-state index contributed by atoms with van der Waals surface area (Å²) in [5.41, 5.74) is 5.51. The number of nitrogens with zero attached hydrogens (tertiary/aromatic N) is 1. The van der Waals surface area contributed by atoms with Gasteiger partial charge in [0.1, 0.15) is 11.4 Å². The Bertz CT molecular complexity index is 328. The summed E-state index contributed by atoms with van der Waals surface area (Å²) in [7, 11) is 1.52. The molecule has 1 heterocycles. The highest BCUT2D eigenvalue weighted by molar-refractivity contribution is 9.10. The summed E-state index contributed by atoms with van der Waals surface area (Å²) < 4.78 is 5.71. The van der Waals surface area contributed by atoms with Crippen molar-refractivity contribution in [3.8, 4) is 5.75 Å². The first-order chi connectivity index (χ1) is 6.19. The SMILES string of the molecule is COc1cc(C(=O)CN)ncc1Br. The summed E-state index contributed by atoms with van der Waals surface area (Å²) in [6, 6.07) is 1.55. The van der Waals surface area contributed by atoms with Gasteiger partial charge in [-0.3, -0.25) is 9.78 Å². The second-order valence-electron chi connectivity index (χ2n) is 2.33. The molecule has 0 bridgehead atoms. The third-order valence-electron chi connectivity index (χ3n) is 1.51. The van der Waals surface area contributed by atoms with Crippen LogP contribution in [0.1, 0.15) is 10.5 Å². The van der Waals surface area contributed by atoms with Gasteiger partial charge in [0.15, 0.2) is 5.78 Å². The lowest BCUT2D eigenvalue weighted by molar-refractivity contribution is 0.0996. The van der Waals surface area contributed by atoms with Gasteiger partial charge in [0.2, 0.25) is 0 Å². The number of methoxy groups -OCH3 is 1. The molecule has 0 fully saturated rings. The molecule has 0 aromatic carbocycles. The molecule has 0 amide bonds. The zero-order chi connectivity index (χ0) is 9.84. The normalized spacial score (nSPS) is 9.77. The first kappa shape index (κ1) is 10.1. The Morgan fingerprint density at radius 2 is 2.46 bits per heavy atom. The van der Waals surface area contributed by atoms with E-state index >= 15 is 0 Å². The van der Waals surface area contributed by atoms with Crippen molar-refractivity contribution in [2.75, 3.05) is 13.7 Å². The number of hydrogen-bond donors (Lipinski definition) is 1. The van der Waals surface area contributed by atoms with Crippen LogP contribution < -0.4 is 10.5 Å². The van der Waals surface area contributed by atoms with Crippen LogP contribution in [0.2, 0.25) is 0 Å². The lowest BCUT2D eigenvalue weighted by atomic mass is 10.2. The lowest BCUT2D eigenvalue weighted by Crippen LogP contribution is -2.15. The van der Waals surface area contributed by atoms with E-state index < -0.39 is 0 Å². The van der Waals surface area contributed by atoms with E-state index in [-0.39, 0.29) is 12.3 Å². The highest BCUT2D eigenvalue weighted by Crippen LogP contribution is 2.23. The Hall–Kier alpha value is -0.940. The number of ether oxygens (including phenoxy) is 1. The number of hydrogen-bond acceptors (Lipinski definition) is 4. The predicted octanol–water partition coefficient (Wildman–Crippen LogP) is 0.994. The van der Waals surface area contributed by atoms with E-state index in [1.807, 2.05) is 0 Å². The number of halogens is 1. The Labute approximate surface area is 84.2 Å². The topological polar surface area (TPSA) is 65.2 Å². The van der Waals surface area contributed by atoms with Gasteiger partial charge in [-0.1, -0.05) is 0 Å². The average Bonchev–Trinajstić information content (AvgIpc) is 2.17. The highest BCUT2D eigenvalue weighted by atomic mass is 79.9. The van der Waals surface area contributed by atoms with Gasteiger partial charge in [-0.25, -0.2) is 0 Å². The zero-order valence-electron chi connectivity index (χ0n) is 7.08. The molecule has 0 saturated carbocycles. The van der Waals surface area contributed by atoms with Crippen LogP contribution in [0.4, 0.5) is 0 Å². The maximum absolute atomic E-state index is 11.1. The van der Waals surface area contributed by atoms with Crippen molar-refractivity contribution in [3.05, 3.63) is 22.4 Å². The molecule has 13 heavy (non-hydrogen) atoms. The molecule has 0 spiro atoms. The van der Waals surface area contributed by atoms with Crippen LogP contribution in [-0.2, 0) is 0 Å². The van der Waals surface area contributed by atoms with Gasteiger partial charge in [-0.2, -0.15) is 0 Å². The maximum Gasteiger partial charge on any atom is 0.194 e. The quantitative estimate of drug-likeness (QED) is 0.806. The number of carbonyl (C=O) groups excluding carboxylic acids is 1. The van der Waals surface area contributed by atoms with E-state index in [4.69, 9.17) is 10.5 Å². The van der Waals surface area contributed by atoms with Crippen molar-refractivity contribution in [2.45, 2.75) is 0 Å². The maximum atomic E-state index is 11.1. The molecule has 70 valence electrons. The first-order valence-corrected chi connectivity index (χ1v) is 4.41. The van der Waals surface area contributed by atoms with E-state index in [9.17, 15) is 4.79 Å². The van der Waals surface area contributed by atoms with Crippen LogP contribution >= 0.6 is 15.9 Å². The number of pyridine rings is 1. The molecule has 2 N–H and O–H groups in total. The van der Waals surface area contributed by atoms with Gasteiger partial charge in [-0.05, 0) is 15.9 Å². The average molecular weight is 245 g/mol. The molecule has 1 rings (SSSR count). The van der Waals surface area contributed by atoms with Gasteiger partial charge in [0, 0.05) is 12.3 Å². The van der Waals surface area contributed by atoms with E-state index in [0.29, 0.717) is 15.9 Å². The molecular weight excluding hydrogens is 236 g/mol. The number of aromatic nitrogens is 1. The van der Waals surface area contributed by atoms with Gasteiger partial charge in [-0.15, -0.1) is 0 Å². The molecule has 0 unspecified atom stereocenters. The third-order valence-corrected chi connectivity index (χ3v) is 2.11. The molecular formula is C8H9BrN2O2. The fourth-order valence-electron chi connectivity index (χ4n) is 0.834. The van der Waals surface area contributed by atoms with E-state index in [0.717, 1.165) is 0 Å². The standard InChI is InChI=1S/C8H9BrN2O2/c1-13-8-2-6(7(12)3-10)11-4-5(8)9/h2,4H,3,10H2,1H3. The molecule has 0 aliphatic carbocycles. The smallest absolute Gasteiger partial charge is 0.194 e. The van der Waals surface area contributed by atoms with Gasteiger partial charge < -0.3 is 10.5 Å². The van der Waals surface area contributed by atoms with Gasteiger partial charge >= 0.3 is 0 Å². The summed E-state index contributed by atoms with van der Waals surface area (Å²) in [5.74, 6) is 0.373. The van der Waals surface area contributed by atoms with Crippen LogP contribution in [0.5, 0.6) is 5.75 Å². The monoisotopic (exact) mass is 244 g/mol. The van der Waals surface area contributed by atoms with Crippen LogP contribution in [0.25, 0.3) is 0 Å². The van der Waals surface area contributed by atoms with Crippen LogP contribution in [0.3, 0.4) is 0 Å². The minimum absolute atomic E-state index is 0.0439. The summed E-state index contributed by atoms with van der Waals surface area (Å²) in [5, 5.41) is 0. The number of nitrogens with two attached hydrogens (primary N) is 1. The summed E-state index contributed by atoms with van der Waals surface area (Å²) in [4.78, 5) is 15.0. The lowest BCUT2D eigenvalue weighted by Gasteiger charge is -2.03. The number of carbonyl (C=O) groups is 1. The molecule has 0 atom stereocenters. The molecule has 0 aliphatic heterocycles. The summed E-state index contributed by atoms with van der Waals surface area (Å²) in [6.45, 7) is -0.0439. The van der Waals surface area contributed by atoms with Crippen molar-refractivity contribution >= 4 is 21.7 Å². The van der Waals surface area contributed by atoms with Gasteiger partial charge in [0.25, 0.3) is 0 Å². The minimum atomic E-state index is -0.203. The summed E-state index contributed by atoms with van der Waals surface area (Å²) in [6.07, 6.45) is 1.52. The Kier molecular flexibility index (Phi) is 3.39. The van der Waals surface area contributed by atoms with Crippen molar-refractivity contribution < 1.29 is 9.53 Å². The number of ketones is 1. The Morgan fingerprint density at radius 3 is 3.00 bits per heavy atom. The fourth-order valence-corrected chi connectivity index (χ4v) is 1.21. The number of rotatable bonds is 3. The summed E-state index contributed by atoms with van der Waals surface area (Å²) >= 11 is 3.23. The second kappa shape index (κ2) is 4.34.